The Kier molecular flexibility index (Phi) is 8.91. The average molecular weight is 517 g/mol. The van der Waals surface area contributed by atoms with Crippen LogP contribution in [0.1, 0.15) is 21.5 Å². The standard InChI is InChI=1S/C18H21BrN4O.HI/c1-21-18(23(2)12-15-5-3-4-6-16(15)19)22-11-13-7-9-14(10-8-13)17(20)24;/h3-10H,11-12H2,1-2H3,(H2,20,24)(H,21,22);1H. The van der Waals surface area contributed by atoms with Gasteiger partial charge in [-0.1, -0.05) is 46.3 Å². The summed E-state index contributed by atoms with van der Waals surface area (Å²) >= 11 is 3.57. The van der Waals surface area contributed by atoms with Gasteiger partial charge in [-0.15, -0.1) is 24.0 Å². The maximum atomic E-state index is 11.1. The molecule has 0 heterocycles. The van der Waals surface area contributed by atoms with Crippen molar-refractivity contribution in [1.29, 1.82) is 0 Å². The monoisotopic (exact) mass is 516 g/mol. The number of primary amides is 1. The summed E-state index contributed by atoms with van der Waals surface area (Å²) in [7, 11) is 3.75. The molecule has 0 unspecified atom stereocenters. The predicted molar refractivity (Wildman–Crippen MR) is 116 cm³/mol. The first kappa shape index (κ1) is 21.4. The number of rotatable bonds is 5. The predicted octanol–water partition coefficient (Wildman–Crippen LogP) is 3.37. The van der Waals surface area contributed by atoms with Crippen molar-refractivity contribution in [3.8, 4) is 0 Å². The number of aliphatic imine (C=N–C) groups is 1. The van der Waals surface area contributed by atoms with Crippen molar-refractivity contribution < 1.29 is 4.79 Å². The van der Waals surface area contributed by atoms with Crippen molar-refractivity contribution in [2.45, 2.75) is 13.1 Å². The summed E-state index contributed by atoms with van der Waals surface area (Å²) < 4.78 is 1.08. The van der Waals surface area contributed by atoms with Gasteiger partial charge in [0.15, 0.2) is 5.96 Å². The second-order valence-corrected chi connectivity index (χ2v) is 6.26. The normalized spacial score (nSPS) is 10.8. The second-order valence-electron chi connectivity index (χ2n) is 5.41. The molecule has 0 aliphatic heterocycles. The van der Waals surface area contributed by atoms with E-state index in [4.69, 9.17) is 5.73 Å². The van der Waals surface area contributed by atoms with Gasteiger partial charge in [0, 0.05) is 37.2 Å². The maximum Gasteiger partial charge on any atom is 0.248 e. The quantitative estimate of drug-likeness (QED) is 0.363. The van der Waals surface area contributed by atoms with Crippen LogP contribution in [0.2, 0.25) is 0 Å². The first-order valence-electron chi connectivity index (χ1n) is 7.55. The molecule has 0 spiro atoms. The molecule has 0 saturated carbocycles. The molecule has 25 heavy (non-hydrogen) atoms. The molecule has 5 nitrogen and oxygen atoms in total. The number of nitrogens with zero attached hydrogens (tertiary/aromatic N) is 2. The van der Waals surface area contributed by atoms with Crippen LogP contribution < -0.4 is 11.1 Å². The molecule has 0 atom stereocenters. The molecular formula is C18H22BrIN4O. The number of hydrogen-bond acceptors (Lipinski definition) is 2. The zero-order valence-corrected chi connectivity index (χ0v) is 18.1. The minimum atomic E-state index is -0.418. The van der Waals surface area contributed by atoms with Crippen molar-refractivity contribution in [2.75, 3.05) is 14.1 Å². The number of nitrogens with one attached hydrogen (secondary N) is 1. The molecule has 0 fully saturated rings. The van der Waals surface area contributed by atoms with Crippen molar-refractivity contribution >= 4 is 51.8 Å². The van der Waals surface area contributed by atoms with Gasteiger partial charge in [-0.25, -0.2) is 0 Å². The molecule has 3 N–H and O–H groups in total. The third-order valence-corrected chi connectivity index (χ3v) is 4.40. The van der Waals surface area contributed by atoms with E-state index in [2.05, 4.69) is 37.2 Å². The lowest BCUT2D eigenvalue weighted by molar-refractivity contribution is 0.100. The minimum absolute atomic E-state index is 0. The minimum Gasteiger partial charge on any atom is -0.366 e. The molecule has 0 aliphatic carbocycles. The van der Waals surface area contributed by atoms with E-state index in [-0.39, 0.29) is 24.0 Å². The van der Waals surface area contributed by atoms with Gasteiger partial charge in [-0.3, -0.25) is 9.79 Å². The molecule has 2 aromatic rings. The third-order valence-electron chi connectivity index (χ3n) is 3.63. The van der Waals surface area contributed by atoms with Gasteiger partial charge in [0.2, 0.25) is 5.91 Å². The van der Waals surface area contributed by atoms with Gasteiger partial charge < -0.3 is 16.0 Å². The number of benzene rings is 2. The van der Waals surface area contributed by atoms with Crippen LogP contribution in [0.15, 0.2) is 58.0 Å². The number of carbonyl (C=O) groups is 1. The highest BCUT2D eigenvalue weighted by Gasteiger charge is 2.08. The maximum absolute atomic E-state index is 11.1. The van der Waals surface area contributed by atoms with Gasteiger partial charge in [0.05, 0.1) is 0 Å². The smallest absolute Gasteiger partial charge is 0.248 e. The number of carbonyl (C=O) groups excluding carboxylic acids is 1. The van der Waals surface area contributed by atoms with Crippen molar-refractivity contribution in [2.24, 2.45) is 10.7 Å². The Hall–Kier alpha value is -1.61. The molecule has 2 rings (SSSR count). The van der Waals surface area contributed by atoms with Gasteiger partial charge in [-0.2, -0.15) is 0 Å². The topological polar surface area (TPSA) is 70.7 Å². The Morgan fingerprint density at radius 1 is 1.20 bits per heavy atom. The van der Waals surface area contributed by atoms with Crippen LogP contribution in [0.25, 0.3) is 0 Å². The number of amides is 1. The Bertz CT molecular complexity index is 734. The van der Waals surface area contributed by atoms with Gasteiger partial charge >= 0.3 is 0 Å². The fourth-order valence-electron chi connectivity index (χ4n) is 2.31. The zero-order chi connectivity index (χ0) is 17.5. The molecule has 0 saturated heterocycles. The summed E-state index contributed by atoms with van der Waals surface area (Å²) in [4.78, 5) is 17.5. The van der Waals surface area contributed by atoms with Crippen LogP contribution >= 0.6 is 39.9 Å². The van der Waals surface area contributed by atoms with Crippen LogP contribution in [0.5, 0.6) is 0 Å². The Labute approximate surface area is 173 Å². The highest BCUT2D eigenvalue weighted by atomic mass is 127. The number of halogens is 2. The Morgan fingerprint density at radius 2 is 1.84 bits per heavy atom. The zero-order valence-electron chi connectivity index (χ0n) is 14.2. The molecule has 1 amide bonds. The molecular weight excluding hydrogens is 495 g/mol. The summed E-state index contributed by atoms with van der Waals surface area (Å²) in [5.41, 5.74) is 8.00. The summed E-state index contributed by atoms with van der Waals surface area (Å²) in [5.74, 6) is 0.378. The molecule has 0 radical (unpaired) electrons. The lowest BCUT2D eigenvalue weighted by Crippen LogP contribution is -2.38. The van der Waals surface area contributed by atoms with E-state index in [1.54, 1.807) is 19.2 Å². The SMILES string of the molecule is CN=C(NCc1ccc(C(N)=O)cc1)N(C)Cc1ccccc1Br.I. The number of nitrogens with two attached hydrogens (primary N) is 1. The summed E-state index contributed by atoms with van der Waals surface area (Å²) in [6, 6.07) is 15.3. The van der Waals surface area contributed by atoms with E-state index in [1.165, 1.54) is 5.56 Å². The third kappa shape index (κ3) is 6.32. The molecule has 0 bridgehead atoms. The van der Waals surface area contributed by atoms with Crippen molar-refractivity contribution in [1.82, 2.24) is 10.2 Å². The average Bonchev–Trinajstić information content (AvgIpc) is 2.58. The molecule has 0 aromatic heterocycles. The van der Waals surface area contributed by atoms with E-state index < -0.39 is 5.91 Å². The summed E-state index contributed by atoms with van der Waals surface area (Å²) in [6.45, 7) is 1.35. The van der Waals surface area contributed by atoms with Crippen molar-refractivity contribution in [3.63, 3.8) is 0 Å². The molecule has 134 valence electrons. The second kappa shape index (κ2) is 10.4. The lowest BCUT2D eigenvalue weighted by Gasteiger charge is -2.22. The van der Waals surface area contributed by atoms with Crippen LogP contribution in [-0.4, -0.2) is 30.9 Å². The van der Waals surface area contributed by atoms with E-state index in [0.717, 1.165) is 22.5 Å². The number of guanidine groups is 1. The van der Waals surface area contributed by atoms with E-state index in [0.29, 0.717) is 12.1 Å². The molecule has 0 aliphatic rings. The van der Waals surface area contributed by atoms with Gasteiger partial charge in [0.25, 0.3) is 0 Å². The Balaban J connectivity index is 0.00000312. The van der Waals surface area contributed by atoms with Crippen LogP contribution in [0.4, 0.5) is 0 Å². The fraction of sp³-hybridized carbons (Fsp3) is 0.222. The first-order chi connectivity index (χ1) is 11.5. The fourth-order valence-corrected chi connectivity index (χ4v) is 2.72. The Morgan fingerprint density at radius 3 is 2.40 bits per heavy atom. The van der Waals surface area contributed by atoms with Crippen molar-refractivity contribution in [3.05, 3.63) is 69.7 Å². The lowest BCUT2D eigenvalue weighted by atomic mass is 10.1. The van der Waals surface area contributed by atoms with E-state index >= 15 is 0 Å². The highest BCUT2D eigenvalue weighted by Crippen LogP contribution is 2.17. The molecule has 7 heteroatoms. The van der Waals surface area contributed by atoms with Crippen LogP contribution in [-0.2, 0) is 13.1 Å². The van der Waals surface area contributed by atoms with Gasteiger partial charge in [0.1, 0.15) is 0 Å². The highest BCUT2D eigenvalue weighted by molar-refractivity contribution is 14.0. The van der Waals surface area contributed by atoms with Crippen LogP contribution in [0.3, 0.4) is 0 Å². The summed E-state index contributed by atoms with van der Waals surface area (Å²) in [5, 5.41) is 3.32. The first-order valence-corrected chi connectivity index (χ1v) is 8.34. The van der Waals surface area contributed by atoms with E-state index in [9.17, 15) is 4.79 Å². The van der Waals surface area contributed by atoms with Crippen LogP contribution in [0, 0.1) is 0 Å². The molecule has 2 aromatic carbocycles. The number of hydrogen-bond donors (Lipinski definition) is 2. The van der Waals surface area contributed by atoms with Gasteiger partial charge in [-0.05, 0) is 29.3 Å². The van der Waals surface area contributed by atoms with E-state index in [1.807, 2.05) is 37.4 Å². The largest absolute Gasteiger partial charge is 0.366 e. The summed E-state index contributed by atoms with van der Waals surface area (Å²) in [6.07, 6.45) is 0.